The van der Waals surface area contributed by atoms with Crippen LogP contribution in [0.15, 0.2) is 42.6 Å². The van der Waals surface area contributed by atoms with Crippen LogP contribution in [-0.2, 0) is 22.6 Å². The first kappa shape index (κ1) is 16.6. The molecule has 0 saturated carbocycles. The number of carbonyl (C=O) groups excluding carboxylic acids is 2. The zero-order chi connectivity index (χ0) is 17.9. The molecule has 0 bridgehead atoms. The fraction of sp³-hybridized carbons (Fsp3) is 0.350. The van der Waals surface area contributed by atoms with Gasteiger partial charge in [-0.2, -0.15) is 0 Å². The highest BCUT2D eigenvalue weighted by Gasteiger charge is 2.26. The molecule has 2 amide bonds. The molecular formula is C20H21N3O3. The van der Waals surface area contributed by atoms with Crippen molar-refractivity contribution in [2.24, 2.45) is 0 Å². The van der Waals surface area contributed by atoms with Gasteiger partial charge in [-0.25, -0.2) is 4.98 Å². The van der Waals surface area contributed by atoms with E-state index in [-0.39, 0.29) is 11.8 Å². The van der Waals surface area contributed by atoms with Gasteiger partial charge >= 0.3 is 0 Å². The van der Waals surface area contributed by atoms with E-state index in [1.807, 2.05) is 36.4 Å². The van der Waals surface area contributed by atoms with E-state index >= 15 is 0 Å². The fourth-order valence-corrected chi connectivity index (χ4v) is 3.42. The first-order valence-electron chi connectivity index (χ1n) is 8.98. The van der Waals surface area contributed by atoms with Gasteiger partial charge in [0.2, 0.25) is 5.91 Å². The number of nitrogens with zero attached hydrogens (tertiary/aromatic N) is 2. The van der Waals surface area contributed by atoms with Crippen molar-refractivity contribution in [3.8, 4) is 5.75 Å². The third kappa shape index (κ3) is 3.40. The molecule has 6 nitrogen and oxygen atoms in total. The summed E-state index contributed by atoms with van der Waals surface area (Å²) in [6, 6.07) is 11.5. The Balaban J connectivity index is 1.37. The lowest BCUT2D eigenvalue weighted by molar-refractivity contribution is -0.128. The van der Waals surface area contributed by atoms with E-state index < -0.39 is 6.10 Å². The van der Waals surface area contributed by atoms with Crippen molar-refractivity contribution in [3.63, 3.8) is 0 Å². The summed E-state index contributed by atoms with van der Waals surface area (Å²) in [5, 5.41) is 2.93. The Labute approximate surface area is 152 Å². The molecule has 1 aromatic heterocycles. The standard InChI is InChI=1S/C20H21N3O3/c24-19-6-3-11-23(19)18-12-14(9-10-21-18)13-22-20(25)17-8-7-15-4-1-2-5-16(15)26-17/h1-2,4-5,9-10,12,17H,3,6-8,11,13H2,(H,22,25). The van der Waals surface area contributed by atoms with Gasteiger partial charge in [0.25, 0.3) is 5.91 Å². The zero-order valence-electron chi connectivity index (χ0n) is 14.5. The molecule has 1 N–H and O–H groups in total. The number of aromatic nitrogens is 1. The molecule has 2 aliphatic rings. The second kappa shape index (κ2) is 7.15. The third-order valence-corrected chi connectivity index (χ3v) is 4.84. The molecule has 6 heteroatoms. The summed E-state index contributed by atoms with van der Waals surface area (Å²) >= 11 is 0. The van der Waals surface area contributed by atoms with Crippen molar-refractivity contribution < 1.29 is 14.3 Å². The minimum Gasteiger partial charge on any atom is -0.480 e. The summed E-state index contributed by atoms with van der Waals surface area (Å²) in [6.45, 7) is 1.09. The normalized spacial score (nSPS) is 19.0. The van der Waals surface area contributed by atoms with E-state index in [1.54, 1.807) is 11.1 Å². The van der Waals surface area contributed by atoms with Gasteiger partial charge in [-0.05, 0) is 48.6 Å². The summed E-state index contributed by atoms with van der Waals surface area (Å²) in [7, 11) is 0. The average molecular weight is 351 g/mol. The Morgan fingerprint density at radius 1 is 1.27 bits per heavy atom. The minimum absolute atomic E-state index is 0.105. The van der Waals surface area contributed by atoms with Gasteiger partial charge in [0, 0.05) is 25.7 Å². The van der Waals surface area contributed by atoms with Crippen LogP contribution in [0.4, 0.5) is 5.82 Å². The van der Waals surface area contributed by atoms with Gasteiger partial charge in [0.1, 0.15) is 11.6 Å². The monoisotopic (exact) mass is 351 g/mol. The lowest BCUT2D eigenvalue weighted by atomic mass is 10.0. The zero-order valence-corrected chi connectivity index (χ0v) is 14.5. The first-order valence-corrected chi connectivity index (χ1v) is 8.98. The lowest BCUT2D eigenvalue weighted by Gasteiger charge is -2.25. The van der Waals surface area contributed by atoms with E-state index in [0.29, 0.717) is 31.7 Å². The van der Waals surface area contributed by atoms with Gasteiger partial charge in [0.05, 0.1) is 0 Å². The topological polar surface area (TPSA) is 71.5 Å². The lowest BCUT2D eigenvalue weighted by Crippen LogP contribution is -2.40. The number of pyridine rings is 1. The Morgan fingerprint density at radius 2 is 2.15 bits per heavy atom. The second-order valence-electron chi connectivity index (χ2n) is 6.64. The van der Waals surface area contributed by atoms with Crippen LogP contribution in [0.1, 0.15) is 30.4 Å². The van der Waals surface area contributed by atoms with Crippen LogP contribution >= 0.6 is 0 Å². The van der Waals surface area contributed by atoms with Crippen LogP contribution in [0, 0.1) is 0 Å². The number of fused-ring (bicyclic) bond motifs is 1. The van der Waals surface area contributed by atoms with E-state index in [2.05, 4.69) is 10.3 Å². The smallest absolute Gasteiger partial charge is 0.261 e. The molecule has 1 unspecified atom stereocenters. The molecule has 0 aliphatic carbocycles. The molecule has 4 rings (SSSR count). The maximum atomic E-state index is 12.5. The van der Waals surface area contributed by atoms with Crippen molar-refractivity contribution in [2.45, 2.75) is 38.3 Å². The number of carbonyl (C=O) groups is 2. The molecular weight excluding hydrogens is 330 g/mol. The molecule has 3 heterocycles. The Bertz CT molecular complexity index is 837. The molecule has 1 fully saturated rings. The van der Waals surface area contributed by atoms with Gasteiger partial charge in [-0.1, -0.05) is 18.2 Å². The number of amides is 2. The number of hydrogen-bond acceptors (Lipinski definition) is 4. The number of hydrogen-bond donors (Lipinski definition) is 1. The van der Waals surface area contributed by atoms with Crippen LogP contribution in [0.2, 0.25) is 0 Å². The molecule has 2 aliphatic heterocycles. The van der Waals surface area contributed by atoms with E-state index in [0.717, 1.165) is 29.7 Å². The van der Waals surface area contributed by atoms with Crippen LogP contribution < -0.4 is 15.0 Å². The van der Waals surface area contributed by atoms with Crippen LogP contribution in [0.25, 0.3) is 0 Å². The number of para-hydroxylation sites is 1. The highest BCUT2D eigenvalue weighted by atomic mass is 16.5. The summed E-state index contributed by atoms with van der Waals surface area (Å²) in [5.41, 5.74) is 2.06. The Kier molecular flexibility index (Phi) is 4.56. The predicted molar refractivity (Wildman–Crippen MR) is 96.8 cm³/mol. The van der Waals surface area contributed by atoms with E-state index in [1.165, 1.54) is 0 Å². The maximum Gasteiger partial charge on any atom is 0.261 e. The average Bonchev–Trinajstić information content (AvgIpc) is 3.12. The number of aryl methyl sites for hydroxylation is 1. The third-order valence-electron chi connectivity index (χ3n) is 4.84. The quantitative estimate of drug-likeness (QED) is 0.917. The second-order valence-corrected chi connectivity index (χ2v) is 6.64. The maximum absolute atomic E-state index is 12.5. The Morgan fingerprint density at radius 3 is 3.00 bits per heavy atom. The molecule has 0 radical (unpaired) electrons. The molecule has 26 heavy (non-hydrogen) atoms. The SMILES string of the molecule is O=C(NCc1ccnc(N2CCCC2=O)c1)C1CCc2ccccc2O1. The first-order chi connectivity index (χ1) is 12.7. The van der Waals surface area contributed by atoms with Crippen LogP contribution in [0.3, 0.4) is 0 Å². The molecule has 134 valence electrons. The molecule has 1 saturated heterocycles. The van der Waals surface area contributed by atoms with E-state index in [9.17, 15) is 9.59 Å². The van der Waals surface area contributed by atoms with Crippen molar-refractivity contribution in [2.75, 3.05) is 11.4 Å². The Hall–Kier alpha value is -2.89. The largest absolute Gasteiger partial charge is 0.480 e. The van der Waals surface area contributed by atoms with Gasteiger partial charge in [-0.15, -0.1) is 0 Å². The molecule has 0 spiro atoms. The molecule has 1 atom stereocenters. The summed E-state index contributed by atoms with van der Waals surface area (Å²) < 4.78 is 5.82. The van der Waals surface area contributed by atoms with Gasteiger partial charge < -0.3 is 10.1 Å². The summed E-state index contributed by atoms with van der Waals surface area (Å²) in [6.07, 6.45) is 4.16. The van der Waals surface area contributed by atoms with Gasteiger partial charge in [0.15, 0.2) is 6.10 Å². The number of nitrogens with one attached hydrogen (secondary N) is 1. The van der Waals surface area contributed by atoms with E-state index in [4.69, 9.17) is 4.74 Å². The molecule has 1 aromatic carbocycles. The van der Waals surface area contributed by atoms with Crippen molar-refractivity contribution in [1.29, 1.82) is 0 Å². The minimum atomic E-state index is -0.466. The van der Waals surface area contributed by atoms with Crippen LogP contribution in [0.5, 0.6) is 5.75 Å². The van der Waals surface area contributed by atoms with Crippen molar-refractivity contribution in [1.82, 2.24) is 10.3 Å². The predicted octanol–water partition coefficient (Wildman–Crippen LogP) is 2.22. The number of ether oxygens (including phenoxy) is 1. The van der Waals surface area contributed by atoms with Gasteiger partial charge in [-0.3, -0.25) is 14.5 Å². The number of rotatable bonds is 4. The highest BCUT2D eigenvalue weighted by molar-refractivity contribution is 5.94. The number of anilines is 1. The fourth-order valence-electron chi connectivity index (χ4n) is 3.42. The summed E-state index contributed by atoms with van der Waals surface area (Å²) in [4.78, 5) is 30.3. The van der Waals surface area contributed by atoms with Crippen molar-refractivity contribution >= 4 is 17.6 Å². The van der Waals surface area contributed by atoms with Crippen molar-refractivity contribution in [3.05, 3.63) is 53.7 Å². The highest BCUT2D eigenvalue weighted by Crippen LogP contribution is 2.27. The van der Waals surface area contributed by atoms with Crippen LogP contribution in [-0.4, -0.2) is 29.4 Å². The number of benzene rings is 1. The molecule has 2 aromatic rings. The summed E-state index contributed by atoms with van der Waals surface area (Å²) in [5.74, 6) is 1.43.